The number of nitrogens with one attached hydrogen (secondary N) is 1. The van der Waals surface area contributed by atoms with Crippen molar-refractivity contribution in [3.63, 3.8) is 0 Å². The third-order valence-electron chi connectivity index (χ3n) is 5.40. The van der Waals surface area contributed by atoms with E-state index in [0.29, 0.717) is 12.2 Å². The molecule has 30 heavy (non-hydrogen) atoms. The molecule has 162 valence electrons. The monoisotopic (exact) mass is 430 g/mol. The van der Waals surface area contributed by atoms with Gasteiger partial charge in [-0.05, 0) is 50.2 Å². The van der Waals surface area contributed by atoms with E-state index in [1.165, 1.54) is 22.1 Å². The molecule has 0 aromatic heterocycles. The number of carbonyl (C=O) groups is 1. The van der Waals surface area contributed by atoms with Crippen LogP contribution in [0.2, 0.25) is 0 Å². The van der Waals surface area contributed by atoms with E-state index in [9.17, 15) is 13.2 Å². The fraction of sp³-hybridized carbons (Fsp3) is 0.409. The van der Waals surface area contributed by atoms with E-state index in [0.717, 1.165) is 26.2 Å². The number of para-hydroxylation sites is 1. The maximum absolute atomic E-state index is 12.5. The second-order valence-electron chi connectivity index (χ2n) is 7.79. The van der Waals surface area contributed by atoms with Crippen LogP contribution in [0, 0.1) is 0 Å². The van der Waals surface area contributed by atoms with Crippen LogP contribution in [0.1, 0.15) is 13.8 Å². The highest BCUT2D eigenvalue weighted by Gasteiger charge is 2.23. The smallest absolute Gasteiger partial charge is 0.243 e. The quantitative estimate of drug-likeness (QED) is 0.731. The molecule has 0 aliphatic carbocycles. The van der Waals surface area contributed by atoms with Gasteiger partial charge >= 0.3 is 0 Å². The van der Waals surface area contributed by atoms with Crippen LogP contribution in [0.5, 0.6) is 0 Å². The van der Waals surface area contributed by atoms with Crippen LogP contribution in [0.3, 0.4) is 0 Å². The van der Waals surface area contributed by atoms with Crippen molar-refractivity contribution in [2.75, 3.05) is 50.0 Å². The summed E-state index contributed by atoms with van der Waals surface area (Å²) in [5.74, 6) is -0.0990. The molecule has 3 rings (SSSR count). The van der Waals surface area contributed by atoms with Crippen molar-refractivity contribution in [1.29, 1.82) is 0 Å². The second-order valence-corrected chi connectivity index (χ2v) is 9.78. The molecule has 2 aromatic carbocycles. The van der Waals surface area contributed by atoms with E-state index in [2.05, 4.69) is 27.2 Å². The van der Waals surface area contributed by atoms with Gasteiger partial charge in [0.15, 0.2) is 0 Å². The van der Waals surface area contributed by atoms with Crippen molar-refractivity contribution in [1.82, 2.24) is 9.21 Å². The Bertz CT molecular complexity index is 938. The van der Waals surface area contributed by atoms with Gasteiger partial charge in [-0.25, -0.2) is 8.42 Å². The fourth-order valence-electron chi connectivity index (χ4n) is 3.36. The van der Waals surface area contributed by atoms with Gasteiger partial charge < -0.3 is 10.2 Å². The van der Waals surface area contributed by atoms with Crippen molar-refractivity contribution >= 4 is 27.3 Å². The number of sulfonamides is 1. The summed E-state index contributed by atoms with van der Waals surface area (Å²) >= 11 is 0. The van der Waals surface area contributed by atoms with Gasteiger partial charge in [0, 0.05) is 50.6 Å². The SMILES string of the molecule is CC(C)N(C)S(=O)(=O)c1ccc(NC(=O)CN2CCN(c3ccccc3)CC2)cc1. The van der Waals surface area contributed by atoms with E-state index in [-0.39, 0.29) is 16.8 Å². The van der Waals surface area contributed by atoms with Gasteiger partial charge in [-0.15, -0.1) is 0 Å². The molecule has 0 spiro atoms. The van der Waals surface area contributed by atoms with Gasteiger partial charge in [0.1, 0.15) is 0 Å². The van der Waals surface area contributed by atoms with Gasteiger partial charge in [0.25, 0.3) is 0 Å². The Morgan fingerprint density at radius 2 is 1.60 bits per heavy atom. The van der Waals surface area contributed by atoms with E-state index in [1.807, 2.05) is 32.0 Å². The van der Waals surface area contributed by atoms with Gasteiger partial charge in [0.05, 0.1) is 11.4 Å². The number of anilines is 2. The van der Waals surface area contributed by atoms with Crippen LogP contribution in [-0.4, -0.2) is 69.3 Å². The third-order valence-corrected chi connectivity index (χ3v) is 7.45. The first-order valence-electron chi connectivity index (χ1n) is 10.2. The molecule has 1 amide bonds. The highest BCUT2D eigenvalue weighted by molar-refractivity contribution is 7.89. The maximum atomic E-state index is 12.5. The molecule has 0 atom stereocenters. The van der Waals surface area contributed by atoms with Crippen LogP contribution in [-0.2, 0) is 14.8 Å². The van der Waals surface area contributed by atoms with E-state index in [4.69, 9.17) is 0 Å². The summed E-state index contributed by atoms with van der Waals surface area (Å²) in [5, 5.41) is 2.86. The van der Waals surface area contributed by atoms with Gasteiger partial charge in [-0.2, -0.15) is 4.31 Å². The Labute approximate surface area is 179 Å². The number of rotatable bonds is 7. The average molecular weight is 431 g/mol. The molecule has 7 nitrogen and oxygen atoms in total. The number of piperazine rings is 1. The lowest BCUT2D eigenvalue weighted by Gasteiger charge is -2.35. The molecule has 0 bridgehead atoms. The van der Waals surface area contributed by atoms with Gasteiger partial charge in [-0.1, -0.05) is 18.2 Å². The van der Waals surface area contributed by atoms with E-state index >= 15 is 0 Å². The lowest BCUT2D eigenvalue weighted by Crippen LogP contribution is -2.48. The fourth-order valence-corrected chi connectivity index (χ4v) is 4.73. The molecule has 1 aliphatic heterocycles. The van der Waals surface area contributed by atoms with Crippen molar-refractivity contribution < 1.29 is 13.2 Å². The minimum atomic E-state index is -3.53. The Morgan fingerprint density at radius 3 is 2.17 bits per heavy atom. The lowest BCUT2D eigenvalue weighted by atomic mass is 10.2. The molecule has 0 unspecified atom stereocenters. The van der Waals surface area contributed by atoms with Crippen LogP contribution >= 0.6 is 0 Å². The Balaban J connectivity index is 1.51. The van der Waals surface area contributed by atoms with Crippen molar-refractivity contribution in [2.24, 2.45) is 0 Å². The van der Waals surface area contributed by atoms with E-state index < -0.39 is 10.0 Å². The third kappa shape index (κ3) is 5.38. The first-order valence-corrected chi connectivity index (χ1v) is 11.6. The van der Waals surface area contributed by atoms with E-state index in [1.54, 1.807) is 19.2 Å². The molecule has 1 N–H and O–H groups in total. The van der Waals surface area contributed by atoms with Gasteiger partial charge in [0.2, 0.25) is 15.9 Å². The largest absolute Gasteiger partial charge is 0.369 e. The van der Waals surface area contributed by atoms with Crippen molar-refractivity contribution in [3.8, 4) is 0 Å². The van der Waals surface area contributed by atoms with Gasteiger partial charge in [-0.3, -0.25) is 9.69 Å². The van der Waals surface area contributed by atoms with Crippen LogP contribution < -0.4 is 10.2 Å². The number of hydrogen-bond acceptors (Lipinski definition) is 5. The molecule has 0 radical (unpaired) electrons. The molecule has 1 heterocycles. The summed E-state index contributed by atoms with van der Waals surface area (Å²) < 4.78 is 26.4. The molecule has 0 saturated carbocycles. The highest BCUT2D eigenvalue weighted by Crippen LogP contribution is 2.19. The Kier molecular flexibility index (Phi) is 7.12. The Hall–Kier alpha value is -2.42. The zero-order valence-electron chi connectivity index (χ0n) is 17.8. The number of carbonyl (C=O) groups excluding carboxylic acids is 1. The summed E-state index contributed by atoms with van der Waals surface area (Å²) in [7, 11) is -1.96. The predicted molar refractivity (Wildman–Crippen MR) is 120 cm³/mol. The first kappa shape index (κ1) is 22.3. The second kappa shape index (κ2) is 9.59. The zero-order chi connectivity index (χ0) is 21.7. The Morgan fingerprint density at radius 1 is 1.00 bits per heavy atom. The number of nitrogens with zero attached hydrogens (tertiary/aromatic N) is 3. The highest BCUT2D eigenvalue weighted by atomic mass is 32.2. The molecule has 1 fully saturated rings. The average Bonchev–Trinajstić information content (AvgIpc) is 2.74. The molecule has 1 saturated heterocycles. The molecule has 2 aromatic rings. The molecule has 8 heteroatoms. The summed E-state index contributed by atoms with van der Waals surface area (Å²) in [6.45, 7) is 7.37. The summed E-state index contributed by atoms with van der Waals surface area (Å²) in [4.78, 5) is 17.1. The van der Waals surface area contributed by atoms with Crippen LogP contribution in [0.4, 0.5) is 11.4 Å². The van der Waals surface area contributed by atoms with Crippen LogP contribution in [0.15, 0.2) is 59.5 Å². The minimum Gasteiger partial charge on any atom is -0.369 e. The standard InChI is InChI=1S/C22H30N4O3S/c1-18(2)24(3)30(28,29)21-11-9-19(10-12-21)23-22(27)17-25-13-15-26(16-14-25)20-7-5-4-6-8-20/h4-12,18H,13-17H2,1-3H3,(H,23,27). The predicted octanol–water partition coefficient (Wildman–Crippen LogP) is 2.48. The maximum Gasteiger partial charge on any atom is 0.243 e. The van der Waals surface area contributed by atoms with Crippen molar-refractivity contribution in [2.45, 2.75) is 24.8 Å². The lowest BCUT2D eigenvalue weighted by molar-refractivity contribution is -0.117. The zero-order valence-corrected chi connectivity index (χ0v) is 18.6. The number of benzene rings is 2. The number of amides is 1. The minimum absolute atomic E-state index is 0.0990. The van der Waals surface area contributed by atoms with Crippen molar-refractivity contribution in [3.05, 3.63) is 54.6 Å². The normalized spacial score (nSPS) is 15.6. The molecular formula is C22H30N4O3S. The summed E-state index contributed by atoms with van der Waals surface area (Å²) in [6, 6.07) is 16.5. The molecule has 1 aliphatic rings. The topological polar surface area (TPSA) is 73.0 Å². The van der Waals surface area contributed by atoms with Crippen LogP contribution in [0.25, 0.3) is 0 Å². The first-order chi connectivity index (χ1) is 14.3. The summed E-state index contributed by atoms with van der Waals surface area (Å²) in [6.07, 6.45) is 0. The molecular weight excluding hydrogens is 400 g/mol. The summed E-state index contributed by atoms with van der Waals surface area (Å²) in [5.41, 5.74) is 1.80. The number of hydrogen-bond donors (Lipinski definition) is 1.